The van der Waals surface area contributed by atoms with Crippen LogP contribution in [0.3, 0.4) is 0 Å². The van der Waals surface area contributed by atoms with Crippen molar-refractivity contribution in [2.24, 2.45) is 5.73 Å². The normalized spacial score (nSPS) is 13.8. The minimum atomic E-state index is -1.97. The lowest BCUT2D eigenvalue weighted by Gasteiger charge is -2.26. The van der Waals surface area contributed by atoms with Gasteiger partial charge in [0.2, 0.25) is 29.5 Å². The fourth-order valence-electron chi connectivity index (χ4n) is 6.29. The molecule has 0 radical (unpaired) electrons. The molecular formula is C41H45N7O15. The molecule has 63 heavy (non-hydrogen) atoms. The topological polar surface area (TPSA) is 377 Å². The van der Waals surface area contributed by atoms with Gasteiger partial charge < -0.3 is 67.9 Å². The second kappa shape index (κ2) is 22.0. The number of phenolic OH excluding ortho intramolecular Hbond substituents is 2. The summed E-state index contributed by atoms with van der Waals surface area (Å²) in [6, 6.07) is 7.15. The molecule has 0 saturated carbocycles. The van der Waals surface area contributed by atoms with Gasteiger partial charge in [0.1, 0.15) is 41.7 Å². The Morgan fingerprint density at radius 1 is 0.492 bits per heavy atom. The van der Waals surface area contributed by atoms with E-state index in [1.54, 1.807) is 30.5 Å². The van der Waals surface area contributed by atoms with Gasteiger partial charge in [-0.3, -0.25) is 38.4 Å². The third-order valence-corrected chi connectivity index (χ3v) is 9.49. The fraction of sp³-hybridized carbons (Fsp3) is 0.293. The van der Waals surface area contributed by atoms with Crippen molar-refractivity contribution in [1.82, 2.24) is 31.6 Å². The summed E-state index contributed by atoms with van der Waals surface area (Å²) < 4.78 is 0. The van der Waals surface area contributed by atoms with Crippen LogP contribution in [0.4, 0.5) is 0 Å². The summed E-state index contributed by atoms with van der Waals surface area (Å²) in [5, 5.41) is 69.7. The van der Waals surface area contributed by atoms with E-state index in [2.05, 4.69) is 26.3 Å². The number of amides is 5. The lowest BCUT2D eigenvalue weighted by atomic mass is 10.0. The molecule has 0 aliphatic heterocycles. The molecule has 334 valence electrons. The molecule has 4 aromatic rings. The first-order valence-electron chi connectivity index (χ1n) is 19.1. The van der Waals surface area contributed by atoms with Gasteiger partial charge in [-0.05, 0) is 47.0 Å². The third kappa shape index (κ3) is 14.6. The number of aromatic nitrogens is 1. The van der Waals surface area contributed by atoms with Crippen LogP contribution in [-0.2, 0) is 62.4 Å². The highest BCUT2D eigenvalue weighted by Crippen LogP contribution is 2.20. The van der Waals surface area contributed by atoms with Crippen molar-refractivity contribution in [2.75, 3.05) is 0 Å². The van der Waals surface area contributed by atoms with Gasteiger partial charge in [-0.2, -0.15) is 0 Å². The predicted octanol–water partition coefficient (Wildman–Crippen LogP) is -1.13. The molecule has 0 saturated heterocycles. The quantitative estimate of drug-likeness (QED) is 0.0419. The molecule has 14 N–H and O–H groups in total. The van der Waals surface area contributed by atoms with E-state index in [0.29, 0.717) is 22.0 Å². The minimum Gasteiger partial charge on any atom is -0.508 e. The molecule has 0 aliphatic rings. The smallest absolute Gasteiger partial charge is 0.326 e. The Morgan fingerprint density at radius 2 is 0.889 bits per heavy atom. The number of carboxylic acids is 4. The van der Waals surface area contributed by atoms with Gasteiger partial charge >= 0.3 is 23.9 Å². The molecule has 3 aromatic carbocycles. The number of phenols is 2. The lowest BCUT2D eigenvalue weighted by Crippen LogP contribution is -2.60. The van der Waals surface area contributed by atoms with Gasteiger partial charge in [-0.1, -0.05) is 42.5 Å². The molecule has 0 fully saturated rings. The summed E-state index contributed by atoms with van der Waals surface area (Å²) in [4.78, 5) is 118. The first-order valence-corrected chi connectivity index (χ1v) is 19.1. The number of hydrogen-bond donors (Lipinski definition) is 13. The Morgan fingerprint density at radius 3 is 1.37 bits per heavy atom. The Bertz CT molecular complexity index is 2330. The number of aromatic amines is 1. The van der Waals surface area contributed by atoms with Gasteiger partial charge in [-0.25, -0.2) is 4.79 Å². The zero-order chi connectivity index (χ0) is 46.4. The van der Waals surface area contributed by atoms with E-state index in [-0.39, 0.29) is 29.9 Å². The number of hydrogen-bond acceptors (Lipinski definition) is 12. The summed E-state index contributed by atoms with van der Waals surface area (Å²) in [6.45, 7) is 0. The second-order valence-corrected chi connectivity index (χ2v) is 14.3. The fourth-order valence-corrected chi connectivity index (χ4v) is 6.29. The van der Waals surface area contributed by atoms with Gasteiger partial charge in [0.05, 0.1) is 25.3 Å². The average Bonchev–Trinajstić information content (AvgIpc) is 3.62. The van der Waals surface area contributed by atoms with Crippen molar-refractivity contribution in [1.29, 1.82) is 0 Å². The lowest BCUT2D eigenvalue weighted by molar-refractivity contribution is -0.143. The molecule has 5 amide bonds. The first kappa shape index (κ1) is 47.7. The van der Waals surface area contributed by atoms with Crippen LogP contribution in [0.5, 0.6) is 11.5 Å². The van der Waals surface area contributed by atoms with Crippen LogP contribution < -0.4 is 32.3 Å². The van der Waals surface area contributed by atoms with Gasteiger partial charge in [-0.15, -0.1) is 0 Å². The van der Waals surface area contributed by atoms with E-state index in [4.69, 9.17) is 10.8 Å². The van der Waals surface area contributed by atoms with Crippen molar-refractivity contribution >= 4 is 64.3 Å². The first-order chi connectivity index (χ1) is 29.8. The van der Waals surface area contributed by atoms with Crippen LogP contribution in [-0.4, -0.2) is 125 Å². The van der Waals surface area contributed by atoms with Gasteiger partial charge in [0, 0.05) is 36.4 Å². The number of carbonyl (C=O) groups excluding carboxylic acids is 5. The predicted molar refractivity (Wildman–Crippen MR) is 218 cm³/mol. The van der Waals surface area contributed by atoms with Crippen molar-refractivity contribution in [2.45, 2.75) is 74.8 Å². The summed E-state index contributed by atoms with van der Waals surface area (Å²) >= 11 is 0. The van der Waals surface area contributed by atoms with Crippen molar-refractivity contribution in [3.05, 3.63) is 95.7 Å². The maximum absolute atomic E-state index is 14.0. The minimum absolute atomic E-state index is 0.0840. The van der Waals surface area contributed by atoms with Crippen molar-refractivity contribution < 1.29 is 73.8 Å². The second-order valence-electron chi connectivity index (χ2n) is 14.3. The van der Waals surface area contributed by atoms with E-state index in [1.165, 1.54) is 48.5 Å². The Balaban J connectivity index is 1.63. The van der Waals surface area contributed by atoms with Gasteiger partial charge in [0.15, 0.2) is 0 Å². The maximum atomic E-state index is 14.0. The van der Waals surface area contributed by atoms with E-state index in [0.717, 1.165) is 0 Å². The van der Waals surface area contributed by atoms with Crippen LogP contribution in [0.2, 0.25) is 0 Å². The number of carboxylic acid groups (broad SMARTS) is 4. The van der Waals surface area contributed by atoms with Crippen LogP contribution >= 0.6 is 0 Å². The van der Waals surface area contributed by atoms with Crippen LogP contribution in [0.25, 0.3) is 10.9 Å². The maximum Gasteiger partial charge on any atom is 0.326 e. The van der Waals surface area contributed by atoms with Crippen LogP contribution in [0.15, 0.2) is 79.0 Å². The standard InChI is InChI=1S/C41H45N7O15/c42-26(16-33(51)52)36(57)44-30(17-34(53)54)39(60)45-28(13-20-5-9-23(49)10-6-20)37(58)47-31(18-35(55)56)40(61)46-29(15-22-19-43-27-4-2-1-3-25(22)27)38(59)48-32(41(62)63)14-21-7-11-24(50)12-8-21/h1-12,19,26,28-32,43,49-50H,13-18,42H2,(H,44,57)(H,45,60)(H,46,61)(H,47,58)(H,48,59)(H,51,52)(H,53,54)(H,55,56)(H,62,63)/t26-,28-,29-,30-,31-,32-/m0/s1. The molecular weight excluding hydrogens is 830 g/mol. The highest BCUT2D eigenvalue weighted by molar-refractivity contribution is 5.99. The van der Waals surface area contributed by atoms with Crippen LogP contribution in [0, 0.1) is 0 Å². The molecule has 6 atom stereocenters. The number of carbonyl (C=O) groups is 9. The number of fused-ring (bicyclic) bond motifs is 1. The number of rotatable bonds is 23. The number of nitrogens with two attached hydrogens (primary N) is 1. The van der Waals surface area contributed by atoms with Crippen molar-refractivity contribution in [3.63, 3.8) is 0 Å². The number of nitrogens with one attached hydrogen (secondary N) is 6. The summed E-state index contributed by atoms with van der Waals surface area (Å²) in [5.74, 6) is -12.3. The molecule has 1 aromatic heterocycles. The summed E-state index contributed by atoms with van der Waals surface area (Å²) in [7, 11) is 0. The number of aliphatic carboxylic acids is 4. The number of H-pyrrole nitrogens is 1. The molecule has 0 aliphatic carbocycles. The van der Waals surface area contributed by atoms with E-state index < -0.39 is 115 Å². The Hall–Kier alpha value is -8.01. The Labute approximate surface area is 356 Å². The number of benzene rings is 3. The largest absolute Gasteiger partial charge is 0.508 e. The highest BCUT2D eigenvalue weighted by atomic mass is 16.4. The zero-order valence-electron chi connectivity index (χ0n) is 33.1. The molecule has 0 spiro atoms. The number of aromatic hydroxyl groups is 2. The number of para-hydroxylation sites is 1. The SMILES string of the molecule is N[C@@H](CC(=O)O)C(=O)N[C@@H](CC(=O)O)C(=O)N[C@@H](Cc1ccc(O)cc1)C(=O)N[C@@H](CC(=O)O)C(=O)N[C@@H](Cc1c[nH]c2ccccc12)C(=O)N[C@@H](Cc1ccc(O)cc1)C(=O)O. The molecule has 22 nitrogen and oxygen atoms in total. The molecule has 4 rings (SSSR count). The van der Waals surface area contributed by atoms with E-state index in [1.807, 2.05) is 5.32 Å². The summed E-state index contributed by atoms with van der Waals surface area (Å²) in [5.41, 5.74) is 7.41. The molecule has 22 heteroatoms. The van der Waals surface area contributed by atoms with Crippen molar-refractivity contribution in [3.8, 4) is 11.5 Å². The van der Waals surface area contributed by atoms with E-state index >= 15 is 0 Å². The van der Waals surface area contributed by atoms with E-state index in [9.17, 15) is 68.7 Å². The molecule has 0 bridgehead atoms. The monoisotopic (exact) mass is 875 g/mol. The zero-order valence-corrected chi connectivity index (χ0v) is 33.1. The summed E-state index contributed by atoms with van der Waals surface area (Å²) in [6.07, 6.45) is -2.41. The molecule has 0 unspecified atom stereocenters. The highest BCUT2D eigenvalue weighted by Gasteiger charge is 2.35. The average molecular weight is 876 g/mol. The molecule has 1 heterocycles. The van der Waals surface area contributed by atoms with Gasteiger partial charge in [0.25, 0.3) is 0 Å². The third-order valence-electron chi connectivity index (χ3n) is 9.49. The van der Waals surface area contributed by atoms with Crippen LogP contribution in [0.1, 0.15) is 36.0 Å². The Kier molecular flexibility index (Phi) is 16.7.